The summed E-state index contributed by atoms with van der Waals surface area (Å²) in [6.07, 6.45) is 5.91. The monoisotopic (exact) mass is 693 g/mol. The highest BCUT2D eigenvalue weighted by molar-refractivity contribution is 6.13. The Labute approximate surface area is 285 Å². The first-order valence-corrected chi connectivity index (χ1v) is 16.3. The van der Waals surface area contributed by atoms with Crippen LogP contribution in [0.1, 0.15) is 45.4 Å². The third-order valence-corrected chi connectivity index (χ3v) is 7.08. The van der Waals surface area contributed by atoms with E-state index in [1.807, 2.05) is 0 Å². The highest BCUT2D eigenvalue weighted by Gasteiger charge is 2.26. The van der Waals surface area contributed by atoms with Crippen molar-refractivity contribution in [2.45, 2.75) is 51.5 Å². The molecule has 7 amide bonds. The number of nitrogens with zero attached hydrogens (tertiary/aromatic N) is 2. The Morgan fingerprint density at radius 2 is 1.06 bits per heavy atom. The highest BCUT2D eigenvalue weighted by atomic mass is 16.6. The first kappa shape index (κ1) is 40.9. The van der Waals surface area contributed by atoms with Gasteiger partial charge in [-0.2, -0.15) is 0 Å². The van der Waals surface area contributed by atoms with Crippen molar-refractivity contribution in [1.29, 1.82) is 0 Å². The molecule has 0 aliphatic carbocycles. The Bertz CT molecular complexity index is 1180. The number of Topliss-reactive ketones (excluding diaryl/α,β-unsaturated/α-hetero) is 1. The van der Waals surface area contributed by atoms with Crippen LogP contribution in [0.2, 0.25) is 0 Å². The van der Waals surface area contributed by atoms with Crippen molar-refractivity contribution in [1.82, 2.24) is 25.8 Å². The van der Waals surface area contributed by atoms with Gasteiger partial charge in [0.2, 0.25) is 17.7 Å². The number of carbonyl (C=O) groups is 8. The van der Waals surface area contributed by atoms with Crippen LogP contribution in [-0.2, 0) is 57.3 Å². The number of unbranched alkanes of at least 4 members (excludes halogenated alkanes) is 1. The fraction of sp³-hybridized carbons (Fsp3) is 0.625. The Morgan fingerprint density at radius 3 is 1.57 bits per heavy atom. The first-order valence-electron chi connectivity index (χ1n) is 16.3. The summed E-state index contributed by atoms with van der Waals surface area (Å²) in [6, 6.07) is -0.908. The molecule has 0 radical (unpaired) electrons. The fourth-order valence-corrected chi connectivity index (χ4v) is 4.40. The second-order valence-corrected chi connectivity index (χ2v) is 11.0. The SMILES string of the molecule is CC(=O)CCOCCOCCOCCOCCNC(=O)C(CCCCNC(=O)CCN1C(=O)C=CC1=O)NC(=O)CCN1C(=O)C=CC1=O. The summed E-state index contributed by atoms with van der Waals surface area (Å²) in [4.78, 5) is 97.1. The summed E-state index contributed by atoms with van der Waals surface area (Å²) >= 11 is 0. The van der Waals surface area contributed by atoms with Crippen LogP contribution in [0.5, 0.6) is 0 Å². The van der Waals surface area contributed by atoms with Gasteiger partial charge in [-0.1, -0.05) is 0 Å². The molecule has 3 N–H and O–H groups in total. The summed E-state index contributed by atoms with van der Waals surface area (Å²) in [7, 11) is 0. The van der Waals surface area contributed by atoms with E-state index in [1.54, 1.807) is 0 Å². The van der Waals surface area contributed by atoms with E-state index in [0.29, 0.717) is 65.5 Å². The zero-order chi connectivity index (χ0) is 35.9. The summed E-state index contributed by atoms with van der Waals surface area (Å²) < 4.78 is 21.5. The molecule has 1 unspecified atom stereocenters. The van der Waals surface area contributed by atoms with Crippen molar-refractivity contribution in [3.63, 3.8) is 0 Å². The lowest BCUT2D eigenvalue weighted by molar-refractivity contribution is -0.139. The quantitative estimate of drug-likeness (QED) is 0.0634. The third kappa shape index (κ3) is 17.6. The van der Waals surface area contributed by atoms with Crippen LogP contribution in [0, 0.1) is 0 Å². The number of nitrogens with one attached hydrogen (secondary N) is 3. The molecule has 0 aromatic rings. The molecule has 0 aromatic heterocycles. The number of carbonyl (C=O) groups excluding carboxylic acids is 8. The number of ether oxygens (including phenoxy) is 4. The normalized spacial score (nSPS) is 14.6. The van der Waals surface area contributed by atoms with Crippen LogP contribution >= 0.6 is 0 Å². The number of hydrogen-bond acceptors (Lipinski definition) is 12. The van der Waals surface area contributed by atoms with Gasteiger partial charge in [-0.05, 0) is 26.2 Å². The molecule has 0 spiro atoms. The van der Waals surface area contributed by atoms with Crippen LogP contribution in [0.15, 0.2) is 24.3 Å². The van der Waals surface area contributed by atoms with E-state index in [0.717, 1.165) is 34.1 Å². The molecular formula is C32H47N5O12. The van der Waals surface area contributed by atoms with E-state index in [-0.39, 0.29) is 63.7 Å². The minimum atomic E-state index is -0.908. The van der Waals surface area contributed by atoms with Gasteiger partial charge in [-0.25, -0.2) is 0 Å². The van der Waals surface area contributed by atoms with Gasteiger partial charge in [0.25, 0.3) is 23.6 Å². The van der Waals surface area contributed by atoms with Gasteiger partial charge in [0, 0.05) is 69.7 Å². The molecule has 2 heterocycles. The van der Waals surface area contributed by atoms with E-state index in [9.17, 15) is 38.4 Å². The topological polar surface area (TPSA) is 216 Å². The predicted molar refractivity (Wildman–Crippen MR) is 171 cm³/mol. The molecular weight excluding hydrogens is 646 g/mol. The Kier molecular flexibility index (Phi) is 19.9. The molecule has 2 aliphatic rings. The van der Waals surface area contributed by atoms with Gasteiger partial charge in [-0.3, -0.25) is 48.2 Å². The Balaban J connectivity index is 1.63. The summed E-state index contributed by atoms with van der Waals surface area (Å²) in [5.74, 6) is -3.15. The van der Waals surface area contributed by atoms with Crippen LogP contribution in [-0.4, -0.2) is 142 Å². The largest absolute Gasteiger partial charge is 0.379 e. The minimum absolute atomic E-state index is 0.0250. The molecule has 1 atom stereocenters. The second-order valence-electron chi connectivity index (χ2n) is 11.0. The zero-order valence-electron chi connectivity index (χ0n) is 27.9. The van der Waals surface area contributed by atoms with E-state index < -0.39 is 41.5 Å². The van der Waals surface area contributed by atoms with Crippen molar-refractivity contribution in [3.8, 4) is 0 Å². The van der Waals surface area contributed by atoms with E-state index in [2.05, 4.69) is 16.0 Å². The van der Waals surface area contributed by atoms with Crippen molar-refractivity contribution in [3.05, 3.63) is 24.3 Å². The van der Waals surface area contributed by atoms with Crippen LogP contribution in [0.4, 0.5) is 0 Å². The molecule has 0 saturated carbocycles. The molecule has 0 fully saturated rings. The maximum absolute atomic E-state index is 12.9. The lowest BCUT2D eigenvalue weighted by atomic mass is 10.1. The molecule has 17 nitrogen and oxygen atoms in total. The predicted octanol–water partition coefficient (Wildman–Crippen LogP) is -1.45. The number of hydrogen-bond donors (Lipinski definition) is 3. The number of imide groups is 2. The van der Waals surface area contributed by atoms with E-state index in [4.69, 9.17) is 18.9 Å². The van der Waals surface area contributed by atoms with Gasteiger partial charge in [0.15, 0.2) is 0 Å². The van der Waals surface area contributed by atoms with Gasteiger partial charge >= 0.3 is 0 Å². The van der Waals surface area contributed by atoms with Gasteiger partial charge in [0.1, 0.15) is 11.8 Å². The van der Waals surface area contributed by atoms with Crippen molar-refractivity contribution < 1.29 is 57.3 Å². The summed E-state index contributed by atoms with van der Waals surface area (Å²) in [5, 5.41) is 8.08. The van der Waals surface area contributed by atoms with E-state index in [1.165, 1.54) is 6.92 Å². The van der Waals surface area contributed by atoms with Crippen LogP contribution < -0.4 is 16.0 Å². The zero-order valence-corrected chi connectivity index (χ0v) is 27.9. The Hall–Kier alpha value is -4.32. The molecule has 0 bridgehead atoms. The average molecular weight is 694 g/mol. The number of rotatable bonds is 28. The van der Waals surface area contributed by atoms with Crippen molar-refractivity contribution >= 4 is 47.1 Å². The van der Waals surface area contributed by atoms with Gasteiger partial charge < -0.3 is 34.9 Å². The molecule has 0 aromatic carbocycles. The fourth-order valence-electron chi connectivity index (χ4n) is 4.40. The molecule has 2 aliphatic heterocycles. The molecule has 49 heavy (non-hydrogen) atoms. The number of ketones is 1. The smallest absolute Gasteiger partial charge is 0.253 e. The van der Waals surface area contributed by atoms with Gasteiger partial charge in [0.05, 0.1) is 52.9 Å². The summed E-state index contributed by atoms with van der Waals surface area (Å²) in [6.45, 7) is 4.56. The maximum Gasteiger partial charge on any atom is 0.253 e. The maximum atomic E-state index is 12.9. The number of amides is 7. The Morgan fingerprint density at radius 1 is 0.592 bits per heavy atom. The highest BCUT2D eigenvalue weighted by Crippen LogP contribution is 2.07. The van der Waals surface area contributed by atoms with Crippen molar-refractivity contribution in [2.75, 3.05) is 79.0 Å². The average Bonchev–Trinajstić information content (AvgIpc) is 3.57. The van der Waals surface area contributed by atoms with E-state index >= 15 is 0 Å². The van der Waals surface area contributed by atoms with Crippen molar-refractivity contribution in [2.24, 2.45) is 0 Å². The molecule has 0 saturated heterocycles. The third-order valence-electron chi connectivity index (χ3n) is 7.08. The molecule has 272 valence electrons. The molecule has 2 rings (SSSR count). The molecule has 17 heteroatoms. The lowest BCUT2D eigenvalue weighted by Gasteiger charge is -2.20. The standard InChI is InChI=1S/C32H47N5O12/c1-24(38)11-16-46-18-20-48-22-23-49-21-19-47-17-13-34-32(45)25(35-27(40)10-15-37-30(43)7-8-31(37)44)4-2-3-12-33-26(39)9-14-36-28(41)5-6-29(36)42/h5-8,25H,2-4,9-23H2,1H3,(H,33,39)(H,34,45)(H,35,40). The van der Waals surface area contributed by atoms with Crippen LogP contribution in [0.25, 0.3) is 0 Å². The van der Waals surface area contributed by atoms with Gasteiger partial charge in [-0.15, -0.1) is 0 Å². The second kappa shape index (κ2) is 23.9. The van der Waals surface area contributed by atoms with Crippen LogP contribution in [0.3, 0.4) is 0 Å². The summed E-state index contributed by atoms with van der Waals surface area (Å²) in [5.41, 5.74) is 0. The lowest BCUT2D eigenvalue weighted by Crippen LogP contribution is -2.48. The first-order chi connectivity index (χ1) is 23.6. The minimum Gasteiger partial charge on any atom is -0.379 e.